The normalized spacial score (nSPS) is 25.6. The summed E-state index contributed by atoms with van der Waals surface area (Å²) in [6.07, 6.45) is 0.881. The van der Waals surface area contributed by atoms with Gasteiger partial charge in [-0.2, -0.15) is 0 Å². The zero-order chi connectivity index (χ0) is 14.6. The van der Waals surface area contributed by atoms with E-state index in [1.807, 2.05) is 0 Å². The molecule has 0 aromatic rings. The van der Waals surface area contributed by atoms with Crippen LogP contribution in [0.15, 0.2) is 0 Å². The van der Waals surface area contributed by atoms with Crippen LogP contribution in [0.3, 0.4) is 0 Å². The van der Waals surface area contributed by atoms with Crippen LogP contribution in [-0.4, -0.2) is 49.7 Å². The largest absolute Gasteiger partial charge is 0.469 e. The van der Waals surface area contributed by atoms with Crippen molar-refractivity contribution in [3.05, 3.63) is 0 Å². The van der Waals surface area contributed by atoms with Crippen molar-refractivity contribution in [2.75, 3.05) is 26.7 Å². The van der Waals surface area contributed by atoms with Gasteiger partial charge in [-0.25, -0.2) is 0 Å². The van der Waals surface area contributed by atoms with Gasteiger partial charge in [-0.05, 0) is 25.7 Å². The Morgan fingerprint density at radius 2 is 2.00 bits per heavy atom. The number of carbonyl (C=O) groups excluding carboxylic acids is 1. The molecule has 0 spiro atoms. The molecule has 0 amide bonds. The number of rotatable bonds is 4. The Morgan fingerprint density at radius 1 is 1.37 bits per heavy atom. The molecule has 0 aromatic carbocycles. The summed E-state index contributed by atoms with van der Waals surface area (Å²) in [4.78, 5) is 14.2. The number of esters is 1. The first-order chi connectivity index (χ1) is 8.73. The van der Waals surface area contributed by atoms with Gasteiger partial charge in [-0.1, -0.05) is 20.8 Å². The number of nitrogens with one attached hydrogen (secondary N) is 1. The molecule has 1 aliphatic heterocycles. The van der Waals surface area contributed by atoms with Gasteiger partial charge in [0.05, 0.1) is 13.0 Å². The second-order valence-corrected chi connectivity index (χ2v) is 7.14. The third kappa shape index (κ3) is 5.49. The summed E-state index contributed by atoms with van der Waals surface area (Å²) in [5.41, 5.74) is 0.265. The van der Waals surface area contributed by atoms with Crippen molar-refractivity contribution in [2.24, 2.45) is 11.3 Å². The van der Waals surface area contributed by atoms with Gasteiger partial charge in [0.2, 0.25) is 0 Å². The molecule has 0 aliphatic carbocycles. The number of likely N-dealkylation sites (tertiary alicyclic amines) is 1. The first-order valence-electron chi connectivity index (χ1n) is 7.28. The smallest absolute Gasteiger partial charge is 0.310 e. The molecule has 0 saturated carbocycles. The monoisotopic (exact) mass is 270 g/mol. The van der Waals surface area contributed by atoms with E-state index in [1.165, 1.54) is 7.11 Å². The third-order valence-corrected chi connectivity index (χ3v) is 3.66. The van der Waals surface area contributed by atoms with E-state index in [-0.39, 0.29) is 17.3 Å². The molecule has 1 fully saturated rings. The van der Waals surface area contributed by atoms with Gasteiger partial charge in [0.1, 0.15) is 0 Å². The van der Waals surface area contributed by atoms with Gasteiger partial charge in [0.15, 0.2) is 0 Å². The van der Waals surface area contributed by atoms with E-state index in [1.54, 1.807) is 0 Å². The van der Waals surface area contributed by atoms with Crippen LogP contribution in [0.1, 0.15) is 41.0 Å². The molecule has 19 heavy (non-hydrogen) atoms. The Balaban J connectivity index is 2.62. The van der Waals surface area contributed by atoms with Crippen LogP contribution in [0.5, 0.6) is 0 Å². The molecule has 112 valence electrons. The van der Waals surface area contributed by atoms with Crippen molar-refractivity contribution >= 4 is 5.97 Å². The molecule has 0 aromatic heterocycles. The topological polar surface area (TPSA) is 41.6 Å². The number of ether oxygens (including phenoxy) is 1. The predicted octanol–water partition coefficient (Wildman–Crippen LogP) is 1.89. The molecular weight excluding hydrogens is 240 g/mol. The van der Waals surface area contributed by atoms with Gasteiger partial charge >= 0.3 is 5.97 Å². The van der Waals surface area contributed by atoms with Crippen LogP contribution in [0, 0.1) is 11.3 Å². The lowest BCUT2D eigenvalue weighted by molar-refractivity contribution is -0.148. The fraction of sp³-hybridized carbons (Fsp3) is 0.933. The van der Waals surface area contributed by atoms with E-state index < -0.39 is 0 Å². The first kappa shape index (κ1) is 16.4. The quantitative estimate of drug-likeness (QED) is 0.792. The number of nitrogens with zero attached hydrogens (tertiary/aromatic N) is 1. The maximum atomic E-state index is 11.8. The van der Waals surface area contributed by atoms with Gasteiger partial charge in [-0.15, -0.1) is 0 Å². The van der Waals surface area contributed by atoms with E-state index in [0.717, 1.165) is 26.1 Å². The number of carbonyl (C=O) groups is 1. The second-order valence-electron chi connectivity index (χ2n) is 7.14. The van der Waals surface area contributed by atoms with Crippen molar-refractivity contribution in [2.45, 2.75) is 53.1 Å². The summed E-state index contributed by atoms with van der Waals surface area (Å²) in [6.45, 7) is 13.8. The highest BCUT2D eigenvalue weighted by Crippen LogP contribution is 2.21. The predicted molar refractivity (Wildman–Crippen MR) is 78.1 cm³/mol. The fourth-order valence-corrected chi connectivity index (χ4v) is 2.49. The van der Waals surface area contributed by atoms with Gasteiger partial charge in [-0.3, -0.25) is 9.69 Å². The average Bonchev–Trinajstić information content (AvgIpc) is 2.34. The van der Waals surface area contributed by atoms with Crippen LogP contribution >= 0.6 is 0 Å². The molecular formula is C15H30N2O2. The fourth-order valence-electron chi connectivity index (χ4n) is 2.49. The zero-order valence-corrected chi connectivity index (χ0v) is 13.3. The first-order valence-corrected chi connectivity index (χ1v) is 7.28. The highest BCUT2D eigenvalue weighted by molar-refractivity contribution is 5.72. The summed E-state index contributed by atoms with van der Waals surface area (Å²) in [5, 5.41) is 3.61. The van der Waals surface area contributed by atoms with Crippen LogP contribution < -0.4 is 5.32 Å². The minimum Gasteiger partial charge on any atom is -0.469 e. The SMILES string of the molecule is COC(=O)C1CC(NCC(C)(C)C)CN(C(C)C)C1. The van der Waals surface area contributed by atoms with Gasteiger partial charge < -0.3 is 10.1 Å². The summed E-state index contributed by atoms with van der Waals surface area (Å²) < 4.78 is 4.92. The molecule has 2 unspecified atom stereocenters. The molecule has 1 aliphatic rings. The number of hydrogen-bond donors (Lipinski definition) is 1. The summed E-state index contributed by atoms with van der Waals surface area (Å²) in [5.74, 6) is -0.0773. The maximum Gasteiger partial charge on any atom is 0.310 e. The van der Waals surface area contributed by atoms with Crippen molar-refractivity contribution in [3.63, 3.8) is 0 Å². The molecule has 1 heterocycles. The van der Waals surface area contributed by atoms with E-state index in [0.29, 0.717) is 12.1 Å². The Morgan fingerprint density at radius 3 is 2.47 bits per heavy atom. The van der Waals surface area contributed by atoms with E-state index >= 15 is 0 Å². The molecule has 1 N–H and O–H groups in total. The maximum absolute atomic E-state index is 11.8. The van der Waals surface area contributed by atoms with Gasteiger partial charge in [0.25, 0.3) is 0 Å². The Bertz CT molecular complexity index is 297. The highest BCUT2D eigenvalue weighted by Gasteiger charge is 2.33. The highest BCUT2D eigenvalue weighted by atomic mass is 16.5. The average molecular weight is 270 g/mol. The number of hydrogen-bond acceptors (Lipinski definition) is 4. The molecule has 0 radical (unpaired) electrons. The Labute approximate surface area is 117 Å². The van der Waals surface area contributed by atoms with Crippen molar-refractivity contribution < 1.29 is 9.53 Å². The van der Waals surface area contributed by atoms with Gasteiger partial charge in [0, 0.05) is 31.7 Å². The van der Waals surface area contributed by atoms with E-state index in [9.17, 15) is 4.79 Å². The summed E-state index contributed by atoms with van der Waals surface area (Å²) in [6, 6.07) is 0.839. The standard InChI is InChI=1S/C15H30N2O2/c1-11(2)17-8-12(14(18)19-6)7-13(9-17)16-10-15(3,4)5/h11-13,16H,7-10H2,1-6H3. The minimum absolute atomic E-state index is 0.00128. The molecule has 1 rings (SSSR count). The summed E-state index contributed by atoms with van der Waals surface area (Å²) >= 11 is 0. The van der Waals surface area contributed by atoms with Crippen LogP contribution in [0.25, 0.3) is 0 Å². The lowest BCUT2D eigenvalue weighted by Crippen LogP contribution is -2.54. The zero-order valence-electron chi connectivity index (χ0n) is 13.3. The van der Waals surface area contributed by atoms with Crippen LogP contribution in [-0.2, 0) is 9.53 Å². The Kier molecular flexibility index (Phi) is 5.81. The van der Waals surface area contributed by atoms with Crippen molar-refractivity contribution in [1.82, 2.24) is 10.2 Å². The van der Waals surface area contributed by atoms with E-state index in [4.69, 9.17) is 4.74 Å². The molecule has 0 bridgehead atoms. The van der Waals surface area contributed by atoms with E-state index in [2.05, 4.69) is 44.8 Å². The number of methoxy groups -OCH3 is 1. The molecule has 2 atom stereocenters. The molecule has 1 saturated heterocycles. The molecule has 4 heteroatoms. The third-order valence-electron chi connectivity index (χ3n) is 3.66. The van der Waals surface area contributed by atoms with Crippen molar-refractivity contribution in [3.8, 4) is 0 Å². The van der Waals surface area contributed by atoms with Crippen molar-refractivity contribution in [1.29, 1.82) is 0 Å². The second kappa shape index (κ2) is 6.71. The van der Waals surface area contributed by atoms with Crippen LogP contribution in [0.4, 0.5) is 0 Å². The molecule has 4 nitrogen and oxygen atoms in total. The lowest BCUT2D eigenvalue weighted by Gasteiger charge is -2.40. The lowest BCUT2D eigenvalue weighted by atomic mass is 9.91. The van der Waals surface area contributed by atoms with Crippen LogP contribution in [0.2, 0.25) is 0 Å². The minimum atomic E-state index is -0.0760. The summed E-state index contributed by atoms with van der Waals surface area (Å²) in [7, 11) is 1.48. The Hall–Kier alpha value is -0.610. The number of piperidine rings is 1.